The van der Waals surface area contributed by atoms with Gasteiger partial charge in [-0.15, -0.1) is 0 Å². The van der Waals surface area contributed by atoms with Crippen molar-refractivity contribution in [3.63, 3.8) is 0 Å². The van der Waals surface area contributed by atoms with Crippen molar-refractivity contribution in [3.8, 4) is 0 Å². The Balaban J connectivity index is 1.85. The average molecular weight is 320 g/mol. The van der Waals surface area contributed by atoms with Crippen molar-refractivity contribution < 1.29 is 9.53 Å². The second kappa shape index (κ2) is 7.64. The molecule has 1 aromatic rings. The molecule has 0 saturated carbocycles. The van der Waals surface area contributed by atoms with E-state index in [0.29, 0.717) is 0 Å². The number of hydrogen-bond donors (Lipinski definition) is 1. The lowest BCUT2D eigenvalue weighted by Gasteiger charge is -2.36. The first-order valence-electron chi connectivity index (χ1n) is 8.25. The van der Waals surface area contributed by atoms with Gasteiger partial charge >= 0.3 is 6.09 Å². The number of ether oxygens (including phenoxy) is 1. The fourth-order valence-corrected chi connectivity index (χ4v) is 2.73. The van der Waals surface area contributed by atoms with Crippen LogP contribution in [0.25, 0.3) is 6.20 Å². The molecule has 1 aliphatic heterocycles. The van der Waals surface area contributed by atoms with Crippen molar-refractivity contribution in [3.05, 3.63) is 24.5 Å². The van der Waals surface area contributed by atoms with Gasteiger partial charge in [0.25, 0.3) is 0 Å². The van der Waals surface area contributed by atoms with Crippen molar-refractivity contribution in [2.75, 3.05) is 13.1 Å². The third-order valence-corrected chi connectivity index (χ3v) is 3.81. The Kier molecular flexibility index (Phi) is 5.82. The van der Waals surface area contributed by atoms with Crippen LogP contribution in [0.1, 0.15) is 45.6 Å². The zero-order valence-corrected chi connectivity index (χ0v) is 14.4. The minimum Gasteiger partial charge on any atom is -0.444 e. The summed E-state index contributed by atoms with van der Waals surface area (Å²) in [6.45, 7) is 11.6. The van der Waals surface area contributed by atoms with E-state index < -0.39 is 5.60 Å². The molecule has 6 nitrogen and oxygen atoms in total. The molecule has 0 radical (unpaired) electrons. The minimum absolute atomic E-state index is 0.188. The molecule has 1 aromatic heterocycles. The second-order valence-corrected chi connectivity index (χ2v) is 6.97. The van der Waals surface area contributed by atoms with Crippen LogP contribution >= 0.6 is 0 Å². The van der Waals surface area contributed by atoms with Gasteiger partial charge in [-0.25, -0.2) is 9.48 Å². The molecule has 1 N–H and O–H groups in total. The van der Waals surface area contributed by atoms with E-state index in [2.05, 4.69) is 17.0 Å². The van der Waals surface area contributed by atoms with Gasteiger partial charge in [-0.2, -0.15) is 5.10 Å². The van der Waals surface area contributed by atoms with Gasteiger partial charge in [0.2, 0.25) is 0 Å². The maximum Gasteiger partial charge on any atom is 0.410 e. The number of carbonyl (C=O) groups is 1. The van der Waals surface area contributed by atoms with Gasteiger partial charge in [-0.3, -0.25) is 0 Å². The van der Waals surface area contributed by atoms with Crippen LogP contribution in [0, 0.1) is 0 Å². The molecule has 1 aliphatic rings. The highest BCUT2D eigenvalue weighted by Gasteiger charge is 2.30. The van der Waals surface area contributed by atoms with Gasteiger partial charge in [0.1, 0.15) is 5.60 Å². The molecule has 0 aromatic carbocycles. The molecule has 1 fully saturated rings. The Morgan fingerprint density at radius 3 is 2.96 bits per heavy atom. The van der Waals surface area contributed by atoms with Crippen molar-refractivity contribution in [2.24, 2.45) is 0 Å². The predicted octanol–water partition coefficient (Wildman–Crippen LogP) is 2.86. The number of piperidine rings is 1. The molecule has 0 bridgehead atoms. The van der Waals surface area contributed by atoms with E-state index in [1.54, 1.807) is 10.9 Å². The molecule has 2 rings (SSSR count). The average Bonchev–Trinajstić information content (AvgIpc) is 2.94. The first-order chi connectivity index (χ1) is 10.9. The number of carbonyl (C=O) groups excluding carboxylic acids is 1. The number of aromatic nitrogens is 2. The van der Waals surface area contributed by atoms with E-state index in [9.17, 15) is 4.79 Å². The molecular formula is C17H28N4O2. The predicted molar refractivity (Wildman–Crippen MR) is 90.9 cm³/mol. The lowest BCUT2D eigenvalue weighted by Crippen LogP contribution is -2.50. The van der Waals surface area contributed by atoms with Gasteiger partial charge in [0, 0.05) is 43.6 Å². The summed E-state index contributed by atoms with van der Waals surface area (Å²) < 4.78 is 7.21. The monoisotopic (exact) mass is 320 g/mol. The SMILES string of the molecule is C=Cn1cc(CNCC2CCCCN2C(=O)OC(C)(C)C)cn1. The number of nitrogens with zero attached hydrogens (tertiary/aromatic N) is 3. The van der Waals surface area contributed by atoms with Gasteiger partial charge in [-0.05, 0) is 40.0 Å². The summed E-state index contributed by atoms with van der Waals surface area (Å²) >= 11 is 0. The number of rotatable bonds is 5. The van der Waals surface area contributed by atoms with Crippen molar-refractivity contribution in [1.82, 2.24) is 20.0 Å². The maximum absolute atomic E-state index is 12.4. The van der Waals surface area contributed by atoms with Crippen LogP contribution in [0.5, 0.6) is 0 Å². The van der Waals surface area contributed by atoms with E-state index in [4.69, 9.17) is 4.74 Å². The van der Waals surface area contributed by atoms with Crippen LogP contribution in [-0.2, 0) is 11.3 Å². The highest BCUT2D eigenvalue weighted by Crippen LogP contribution is 2.20. The number of amides is 1. The molecule has 128 valence electrons. The molecule has 1 saturated heterocycles. The Hall–Kier alpha value is -1.82. The van der Waals surface area contributed by atoms with Crippen LogP contribution in [-0.4, -0.2) is 45.5 Å². The summed E-state index contributed by atoms with van der Waals surface area (Å²) in [7, 11) is 0. The Morgan fingerprint density at radius 2 is 2.30 bits per heavy atom. The minimum atomic E-state index is -0.453. The standard InChI is InChI=1S/C17H28N4O2/c1-5-20-13-14(11-19-20)10-18-12-15-8-6-7-9-21(15)16(22)23-17(2,3)4/h5,11,13,15,18H,1,6-10,12H2,2-4H3. The summed E-state index contributed by atoms with van der Waals surface area (Å²) in [5, 5.41) is 7.58. The number of nitrogens with one attached hydrogen (secondary N) is 1. The first kappa shape index (κ1) is 17.5. The largest absolute Gasteiger partial charge is 0.444 e. The van der Waals surface area contributed by atoms with Gasteiger partial charge in [0.15, 0.2) is 0 Å². The Bertz CT molecular complexity index is 533. The maximum atomic E-state index is 12.4. The van der Waals surface area contributed by atoms with Gasteiger partial charge in [0.05, 0.1) is 6.20 Å². The third-order valence-electron chi connectivity index (χ3n) is 3.81. The first-order valence-corrected chi connectivity index (χ1v) is 8.25. The summed E-state index contributed by atoms with van der Waals surface area (Å²) in [6, 6.07) is 0.188. The van der Waals surface area contributed by atoms with Crippen molar-refractivity contribution >= 4 is 12.3 Å². The topological polar surface area (TPSA) is 59.4 Å². The van der Waals surface area contributed by atoms with Crippen LogP contribution in [0.3, 0.4) is 0 Å². The van der Waals surface area contributed by atoms with E-state index >= 15 is 0 Å². The third kappa shape index (κ3) is 5.39. The van der Waals surface area contributed by atoms with Crippen LogP contribution < -0.4 is 5.32 Å². The summed E-state index contributed by atoms with van der Waals surface area (Å²) in [5.41, 5.74) is 0.649. The van der Waals surface area contributed by atoms with E-state index in [-0.39, 0.29) is 12.1 Å². The van der Waals surface area contributed by atoms with Crippen molar-refractivity contribution in [2.45, 2.75) is 58.2 Å². The lowest BCUT2D eigenvalue weighted by molar-refractivity contribution is 0.00993. The highest BCUT2D eigenvalue weighted by molar-refractivity contribution is 5.68. The molecule has 0 aliphatic carbocycles. The fourth-order valence-electron chi connectivity index (χ4n) is 2.73. The molecule has 1 amide bonds. The molecule has 6 heteroatoms. The van der Waals surface area contributed by atoms with Crippen LogP contribution in [0.4, 0.5) is 4.79 Å². The number of hydrogen-bond acceptors (Lipinski definition) is 4. The smallest absolute Gasteiger partial charge is 0.410 e. The summed E-state index contributed by atoms with van der Waals surface area (Å²) in [5.74, 6) is 0. The normalized spacial score (nSPS) is 18.7. The summed E-state index contributed by atoms with van der Waals surface area (Å²) in [4.78, 5) is 14.2. The molecule has 1 unspecified atom stereocenters. The molecule has 0 spiro atoms. The van der Waals surface area contributed by atoms with Crippen LogP contribution in [0.15, 0.2) is 19.0 Å². The second-order valence-electron chi connectivity index (χ2n) is 6.97. The molecule has 1 atom stereocenters. The van der Waals surface area contributed by atoms with E-state index in [1.807, 2.05) is 38.1 Å². The highest BCUT2D eigenvalue weighted by atomic mass is 16.6. The quantitative estimate of drug-likeness (QED) is 0.906. The van der Waals surface area contributed by atoms with Gasteiger partial charge < -0.3 is 15.0 Å². The van der Waals surface area contributed by atoms with Crippen LogP contribution in [0.2, 0.25) is 0 Å². The van der Waals surface area contributed by atoms with Crippen molar-refractivity contribution in [1.29, 1.82) is 0 Å². The van der Waals surface area contributed by atoms with Gasteiger partial charge in [-0.1, -0.05) is 6.58 Å². The molecular weight excluding hydrogens is 292 g/mol. The van der Waals surface area contributed by atoms with E-state index in [0.717, 1.165) is 44.5 Å². The molecule has 2 heterocycles. The summed E-state index contributed by atoms with van der Waals surface area (Å²) in [6.07, 6.45) is 8.42. The Labute approximate surface area is 138 Å². The fraction of sp³-hybridized carbons (Fsp3) is 0.647. The van der Waals surface area contributed by atoms with E-state index in [1.165, 1.54) is 0 Å². The number of likely N-dealkylation sites (tertiary alicyclic amines) is 1. The zero-order chi connectivity index (χ0) is 16.9. The molecule has 23 heavy (non-hydrogen) atoms. The lowest BCUT2D eigenvalue weighted by atomic mass is 10.0. The Morgan fingerprint density at radius 1 is 1.52 bits per heavy atom. The zero-order valence-electron chi connectivity index (χ0n) is 14.4.